The second-order valence-corrected chi connectivity index (χ2v) is 5.46. The molecule has 4 nitrogen and oxygen atoms in total. The summed E-state index contributed by atoms with van der Waals surface area (Å²) < 4.78 is 39.2. The Morgan fingerprint density at radius 3 is 2.27 bits per heavy atom. The lowest BCUT2D eigenvalue weighted by atomic mass is 10.3. The first-order chi connectivity index (χ1) is 10.3. The SMILES string of the molecule is Cc1cc(C)nc(SCC(=O)Nc2cc(F)c(F)cc2F)n1. The van der Waals surface area contributed by atoms with E-state index in [0.717, 1.165) is 23.1 Å². The van der Waals surface area contributed by atoms with Crippen LogP contribution < -0.4 is 5.32 Å². The molecule has 0 unspecified atom stereocenters. The Morgan fingerprint density at radius 1 is 1.05 bits per heavy atom. The minimum Gasteiger partial charge on any atom is -0.323 e. The molecule has 0 spiro atoms. The number of aryl methyl sites for hydroxylation is 2. The van der Waals surface area contributed by atoms with E-state index < -0.39 is 29.0 Å². The molecule has 0 bridgehead atoms. The number of anilines is 1. The molecule has 1 aromatic heterocycles. The van der Waals surface area contributed by atoms with Crippen LogP contribution in [0, 0.1) is 31.3 Å². The molecule has 0 saturated heterocycles. The highest BCUT2D eigenvalue weighted by molar-refractivity contribution is 7.99. The van der Waals surface area contributed by atoms with E-state index in [-0.39, 0.29) is 5.75 Å². The number of thioether (sulfide) groups is 1. The van der Waals surface area contributed by atoms with Crippen LogP contribution in [-0.2, 0) is 4.79 Å². The van der Waals surface area contributed by atoms with Gasteiger partial charge in [0, 0.05) is 23.5 Å². The Kier molecular flexibility index (Phi) is 5.02. The van der Waals surface area contributed by atoms with Crippen LogP contribution in [0.1, 0.15) is 11.4 Å². The lowest BCUT2D eigenvalue weighted by molar-refractivity contribution is -0.113. The molecule has 0 saturated carbocycles. The van der Waals surface area contributed by atoms with Crippen molar-refractivity contribution in [1.29, 1.82) is 0 Å². The molecule has 2 rings (SSSR count). The Morgan fingerprint density at radius 2 is 1.64 bits per heavy atom. The molecule has 0 aliphatic rings. The first kappa shape index (κ1) is 16.3. The molecule has 116 valence electrons. The van der Waals surface area contributed by atoms with E-state index in [4.69, 9.17) is 0 Å². The Balaban J connectivity index is 2.00. The Labute approximate surface area is 129 Å². The first-order valence-electron chi connectivity index (χ1n) is 6.24. The predicted octanol–water partition coefficient (Wildman–Crippen LogP) is 3.24. The molecule has 1 N–H and O–H groups in total. The topological polar surface area (TPSA) is 54.9 Å². The van der Waals surface area contributed by atoms with E-state index in [0.29, 0.717) is 17.3 Å². The zero-order valence-electron chi connectivity index (χ0n) is 11.8. The third-order valence-corrected chi connectivity index (χ3v) is 3.43. The van der Waals surface area contributed by atoms with Crippen molar-refractivity contribution in [2.75, 3.05) is 11.1 Å². The number of aromatic nitrogens is 2. The zero-order chi connectivity index (χ0) is 16.3. The molecule has 1 heterocycles. The number of carbonyl (C=O) groups is 1. The average Bonchev–Trinajstić information content (AvgIpc) is 2.41. The summed E-state index contributed by atoms with van der Waals surface area (Å²) in [6, 6.07) is 2.77. The molecule has 0 atom stereocenters. The van der Waals surface area contributed by atoms with Crippen molar-refractivity contribution in [3.63, 3.8) is 0 Å². The van der Waals surface area contributed by atoms with Gasteiger partial charge in [0.1, 0.15) is 5.82 Å². The summed E-state index contributed by atoms with van der Waals surface area (Å²) in [4.78, 5) is 20.0. The number of halogens is 3. The normalized spacial score (nSPS) is 10.6. The van der Waals surface area contributed by atoms with Crippen molar-refractivity contribution in [3.8, 4) is 0 Å². The summed E-state index contributed by atoms with van der Waals surface area (Å²) in [7, 11) is 0. The van der Waals surface area contributed by atoms with Gasteiger partial charge in [-0.25, -0.2) is 23.1 Å². The summed E-state index contributed by atoms with van der Waals surface area (Å²) in [5.41, 5.74) is 1.12. The molecule has 0 fully saturated rings. The van der Waals surface area contributed by atoms with Gasteiger partial charge in [0.15, 0.2) is 16.8 Å². The van der Waals surface area contributed by atoms with Gasteiger partial charge < -0.3 is 5.32 Å². The number of nitrogens with one attached hydrogen (secondary N) is 1. The highest BCUT2D eigenvalue weighted by Crippen LogP contribution is 2.19. The fourth-order valence-electron chi connectivity index (χ4n) is 1.69. The van der Waals surface area contributed by atoms with Crippen molar-refractivity contribution >= 4 is 23.4 Å². The monoisotopic (exact) mass is 327 g/mol. The second-order valence-electron chi connectivity index (χ2n) is 4.52. The summed E-state index contributed by atoms with van der Waals surface area (Å²) in [5.74, 6) is -4.24. The van der Waals surface area contributed by atoms with E-state index in [2.05, 4.69) is 15.3 Å². The van der Waals surface area contributed by atoms with Crippen LogP contribution >= 0.6 is 11.8 Å². The number of rotatable bonds is 4. The lowest BCUT2D eigenvalue weighted by Gasteiger charge is -2.07. The molecule has 2 aromatic rings. The van der Waals surface area contributed by atoms with Crippen LogP contribution in [0.3, 0.4) is 0 Å². The van der Waals surface area contributed by atoms with Crippen LogP contribution in [-0.4, -0.2) is 21.6 Å². The molecular formula is C14H12F3N3OS. The Bertz CT molecular complexity index is 704. The van der Waals surface area contributed by atoms with Crippen LogP contribution in [0.25, 0.3) is 0 Å². The summed E-state index contributed by atoms with van der Waals surface area (Å²) in [6.45, 7) is 3.60. The van der Waals surface area contributed by atoms with Crippen LogP contribution in [0.4, 0.5) is 18.9 Å². The minimum absolute atomic E-state index is 0.0820. The third-order valence-electron chi connectivity index (χ3n) is 2.58. The van der Waals surface area contributed by atoms with Crippen molar-refractivity contribution in [3.05, 3.63) is 47.0 Å². The lowest BCUT2D eigenvalue weighted by Crippen LogP contribution is -2.16. The van der Waals surface area contributed by atoms with Crippen molar-refractivity contribution in [2.45, 2.75) is 19.0 Å². The van der Waals surface area contributed by atoms with Gasteiger partial charge in [0.05, 0.1) is 11.4 Å². The van der Waals surface area contributed by atoms with E-state index in [1.165, 1.54) is 0 Å². The third kappa shape index (κ3) is 4.20. The van der Waals surface area contributed by atoms with Crippen LogP contribution in [0.15, 0.2) is 23.4 Å². The van der Waals surface area contributed by atoms with Gasteiger partial charge in [0.2, 0.25) is 5.91 Å². The summed E-state index contributed by atoms with van der Waals surface area (Å²) >= 11 is 1.06. The number of amides is 1. The minimum atomic E-state index is -1.31. The van der Waals surface area contributed by atoms with E-state index in [1.54, 1.807) is 19.9 Å². The fraction of sp³-hybridized carbons (Fsp3) is 0.214. The number of carbonyl (C=O) groups excluding carboxylic acids is 1. The second kappa shape index (κ2) is 6.78. The molecule has 0 radical (unpaired) electrons. The standard InChI is InChI=1S/C14H12F3N3OS/c1-7-3-8(2)19-14(18-7)22-6-13(21)20-12-5-10(16)9(15)4-11(12)17/h3-5H,6H2,1-2H3,(H,20,21). The summed E-state index contributed by atoms with van der Waals surface area (Å²) in [5, 5.41) is 2.60. The molecule has 0 aliphatic heterocycles. The predicted molar refractivity (Wildman–Crippen MR) is 77.2 cm³/mol. The van der Waals surface area contributed by atoms with Gasteiger partial charge in [0.25, 0.3) is 0 Å². The number of nitrogens with zero attached hydrogens (tertiary/aromatic N) is 2. The molecule has 1 amide bonds. The van der Waals surface area contributed by atoms with Crippen LogP contribution in [0.5, 0.6) is 0 Å². The number of benzene rings is 1. The Hall–Kier alpha value is -2.09. The maximum atomic E-state index is 13.4. The molecule has 1 aromatic carbocycles. The first-order valence-corrected chi connectivity index (χ1v) is 7.23. The van der Waals surface area contributed by atoms with Gasteiger partial charge in [-0.05, 0) is 19.9 Å². The molecule has 22 heavy (non-hydrogen) atoms. The summed E-state index contributed by atoms with van der Waals surface area (Å²) in [6.07, 6.45) is 0. The largest absolute Gasteiger partial charge is 0.323 e. The van der Waals surface area contributed by atoms with Crippen LogP contribution in [0.2, 0.25) is 0 Å². The molecular weight excluding hydrogens is 315 g/mol. The quantitative estimate of drug-likeness (QED) is 0.532. The average molecular weight is 327 g/mol. The van der Waals surface area contributed by atoms with Gasteiger partial charge in [-0.2, -0.15) is 0 Å². The van der Waals surface area contributed by atoms with Crippen molar-refractivity contribution < 1.29 is 18.0 Å². The van der Waals surface area contributed by atoms with Crippen molar-refractivity contribution in [2.24, 2.45) is 0 Å². The van der Waals surface area contributed by atoms with E-state index in [9.17, 15) is 18.0 Å². The van der Waals surface area contributed by atoms with Gasteiger partial charge in [-0.15, -0.1) is 0 Å². The highest BCUT2D eigenvalue weighted by atomic mass is 32.2. The molecule has 0 aliphatic carbocycles. The maximum absolute atomic E-state index is 13.4. The fourth-order valence-corrected chi connectivity index (χ4v) is 2.44. The zero-order valence-corrected chi connectivity index (χ0v) is 12.6. The maximum Gasteiger partial charge on any atom is 0.234 e. The van der Waals surface area contributed by atoms with Crippen molar-refractivity contribution in [1.82, 2.24) is 9.97 Å². The van der Waals surface area contributed by atoms with E-state index >= 15 is 0 Å². The number of hydrogen-bond acceptors (Lipinski definition) is 4. The van der Waals surface area contributed by atoms with E-state index in [1.807, 2.05) is 0 Å². The van der Waals surface area contributed by atoms with Gasteiger partial charge >= 0.3 is 0 Å². The van der Waals surface area contributed by atoms with Gasteiger partial charge in [-0.1, -0.05) is 11.8 Å². The number of hydrogen-bond donors (Lipinski definition) is 1. The van der Waals surface area contributed by atoms with Gasteiger partial charge in [-0.3, -0.25) is 4.79 Å². The smallest absolute Gasteiger partial charge is 0.234 e. The molecule has 8 heteroatoms. The highest BCUT2D eigenvalue weighted by Gasteiger charge is 2.13.